The minimum absolute atomic E-state index is 0.368. The lowest BCUT2D eigenvalue weighted by Gasteiger charge is -2.01. The number of rotatable bonds is 2. The molecule has 0 radical (unpaired) electrons. The topological polar surface area (TPSA) is 42.6 Å². The van der Waals surface area contributed by atoms with E-state index in [-0.39, 0.29) is 5.63 Å². The third-order valence-electron chi connectivity index (χ3n) is 3.18. The number of aliphatic imine (C=N–C) groups is 1. The lowest BCUT2D eigenvalue weighted by Crippen LogP contribution is -1.97. The number of hydrogen-bond acceptors (Lipinski definition) is 3. The molecule has 0 saturated heterocycles. The molecular weight excluding hydrogens is 321 g/mol. The van der Waals surface area contributed by atoms with Gasteiger partial charge in [-0.05, 0) is 48.4 Å². The van der Waals surface area contributed by atoms with Gasteiger partial charge in [-0.3, -0.25) is 4.99 Å². The van der Waals surface area contributed by atoms with Gasteiger partial charge in [0.25, 0.3) is 0 Å². The molecule has 0 aliphatic rings. The van der Waals surface area contributed by atoms with Gasteiger partial charge in [-0.1, -0.05) is 23.2 Å². The van der Waals surface area contributed by atoms with E-state index in [0.29, 0.717) is 21.3 Å². The molecule has 0 atom stereocenters. The first kappa shape index (κ1) is 14.8. The van der Waals surface area contributed by atoms with Crippen LogP contribution in [-0.2, 0) is 0 Å². The molecule has 2 aromatic carbocycles. The van der Waals surface area contributed by atoms with Crippen molar-refractivity contribution in [1.82, 2.24) is 0 Å². The van der Waals surface area contributed by atoms with E-state index < -0.39 is 0 Å². The maximum atomic E-state index is 11.4. The minimum atomic E-state index is -0.368. The molecule has 3 rings (SSSR count). The zero-order chi connectivity index (χ0) is 15.7. The van der Waals surface area contributed by atoms with Crippen molar-refractivity contribution in [3.63, 3.8) is 0 Å². The minimum Gasteiger partial charge on any atom is -0.423 e. The van der Waals surface area contributed by atoms with Gasteiger partial charge in [0.1, 0.15) is 5.58 Å². The van der Waals surface area contributed by atoms with E-state index >= 15 is 0 Å². The van der Waals surface area contributed by atoms with Crippen LogP contribution in [0.25, 0.3) is 11.0 Å². The second kappa shape index (κ2) is 5.95. The smallest absolute Gasteiger partial charge is 0.336 e. The van der Waals surface area contributed by atoms with E-state index in [9.17, 15) is 4.79 Å². The number of aryl methyl sites for hydroxylation is 1. The van der Waals surface area contributed by atoms with Crippen LogP contribution in [0.5, 0.6) is 0 Å². The van der Waals surface area contributed by atoms with E-state index in [1.54, 1.807) is 30.5 Å². The monoisotopic (exact) mass is 331 g/mol. The molecular formula is C17H11Cl2NO2. The first-order chi connectivity index (χ1) is 10.5. The highest BCUT2D eigenvalue weighted by Crippen LogP contribution is 2.23. The quantitative estimate of drug-likeness (QED) is 0.480. The van der Waals surface area contributed by atoms with Gasteiger partial charge in [-0.25, -0.2) is 4.79 Å². The Balaban J connectivity index is 2.00. The van der Waals surface area contributed by atoms with E-state index in [0.717, 1.165) is 16.5 Å². The standard InChI is InChI=1S/C17H11Cl2NO2/c1-10-4-17(21)22-16-8-14(2-3-15(10)16)20-9-11-5-12(18)7-13(19)6-11/h2-9H,1H3. The van der Waals surface area contributed by atoms with Gasteiger partial charge in [0, 0.05) is 33.8 Å². The SMILES string of the molecule is Cc1cc(=O)oc2cc(N=Cc3cc(Cl)cc(Cl)c3)ccc12. The van der Waals surface area contributed by atoms with Crippen molar-refractivity contribution in [2.75, 3.05) is 0 Å². The molecule has 0 aliphatic heterocycles. The highest BCUT2D eigenvalue weighted by Gasteiger charge is 2.03. The maximum absolute atomic E-state index is 11.4. The fraction of sp³-hybridized carbons (Fsp3) is 0.0588. The summed E-state index contributed by atoms with van der Waals surface area (Å²) in [5.41, 5.74) is 2.50. The molecule has 0 spiro atoms. The summed E-state index contributed by atoms with van der Waals surface area (Å²) in [6.07, 6.45) is 1.66. The summed E-state index contributed by atoms with van der Waals surface area (Å²) in [6, 6.07) is 12.1. The third-order valence-corrected chi connectivity index (χ3v) is 3.62. The van der Waals surface area contributed by atoms with Crippen molar-refractivity contribution in [3.8, 4) is 0 Å². The van der Waals surface area contributed by atoms with Crippen LogP contribution in [0.15, 0.2) is 56.7 Å². The van der Waals surface area contributed by atoms with Crippen molar-refractivity contribution in [3.05, 3.63) is 74.1 Å². The van der Waals surface area contributed by atoms with Gasteiger partial charge >= 0.3 is 5.63 Å². The van der Waals surface area contributed by atoms with E-state index in [1.807, 2.05) is 19.1 Å². The average molecular weight is 332 g/mol. The number of hydrogen-bond donors (Lipinski definition) is 0. The van der Waals surface area contributed by atoms with Gasteiger partial charge < -0.3 is 4.42 Å². The number of fused-ring (bicyclic) bond motifs is 1. The summed E-state index contributed by atoms with van der Waals surface area (Å²) >= 11 is 11.9. The van der Waals surface area contributed by atoms with Gasteiger partial charge in [-0.15, -0.1) is 0 Å². The van der Waals surface area contributed by atoms with Crippen molar-refractivity contribution in [2.24, 2.45) is 4.99 Å². The van der Waals surface area contributed by atoms with Crippen LogP contribution in [0.2, 0.25) is 10.0 Å². The summed E-state index contributed by atoms with van der Waals surface area (Å²) in [5.74, 6) is 0. The van der Waals surface area contributed by atoms with Gasteiger partial charge in [0.2, 0.25) is 0 Å². The second-order valence-corrected chi connectivity index (χ2v) is 5.76. The molecule has 0 N–H and O–H groups in total. The third kappa shape index (κ3) is 3.21. The largest absolute Gasteiger partial charge is 0.423 e. The molecule has 0 bridgehead atoms. The normalized spacial score (nSPS) is 11.4. The molecule has 0 saturated carbocycles. The summed E-state index contributed by atoms with van der Waals surface area (Å²) in [6.45, 7) is 1.87. The van der Waals surface area contributed by atoms with Gasteiger partial charge in [-0.2, -0.15) is 0 Å². The summed E-state index contributed by atoms with van der Waals surface area (Å²) in [7, 11) is 0. The Labute approximate surface area is 136 Å². The van der Waals surface area contributed by atoms with Crippen molar-refractivity contribution >= 4 is 46.1 Å². The van der Waals surface area contributed by atoms with Crippen LogP contribution in [0.1, 0.15) is 11.1 Å². The summed E-state index contributed by atoms with van der Waals surface area (Å²) in [5, 5.41) is 1.99. The fourth-order valence-electron chi connectivity index (χ4n) is 2.19. The van der Waals surface area contributed by atoms with Crippen LogP contribution in [-0.4, -0.2) is 6.21 Å². The zero-order valence-corrected chi connectivity index (χ0v) is 13.2. The molecule has 3 aromatic rings. The molecule has 110 valence electrons. The Hall–Kier alpha value is -2.10. The van der Waals surface area contributed by atoms with E-state index in [2.05, 4.69) is 4.99 Å². The Morgan fingerprint density at radius 1 is 1.05 bits per heavy atom. The van der Waals surface area contributed by atoms with Crippen LogP contribution in [0.3, 0.4) is 0 Å². The van der Waals surface area contributed by atoms with Crippen LogP contribution >= 0.6 is 23.2 Å². The zero-order valence-electron chi connectivity index (χ0n) is 11.6. The van der Waals surface area contributed by atoms with E-state index in [1.165, 1.54) is 6.07 Å². The van der Waals surface area contributed by atoms with Crippen LogP contribution in [0, 0.1) is 6.92 Å². The highest BCUT2D eigenvalue weighted by atomic mass is 35.5. The summed E-state index contributed by atoms with van der Waals surface area (Å²) < 4.78 is 5.20. The lowest BCUT2D eigenvalue weighted by molar-refractivity contribution is 0.560. The molecule has 1 aromatic heterocycles. The molecule has 5 heteroatoms. The average Bonchev–Trinajstić information content (AvgIpc) is 2.43. The van der Waals surface area contributed by atoms with Crippen molar-refractivity contribution in [2.45, 2.75) is 6.92 Å². The predicted octanol–water partition coefficient (Wildman–Crippen LogP) is 5.16. The van der Waals surface area contributed by atoms with Crippen molar-refractivity contribution < 1.29 is 4.42 Å². The fourth-order valence-corrected chi connectivity index (χ4v) is 2.74. The molecule has 1 heterocycles. The highest BCUT2D eigenvalue weighted by molar-refractivity contribution is 6.35. The number of halogens is 2. The Morgan fingerprint density at radius 2 is 1.77 bits per heavy atom. The van der Waals surface area contributed by atoms with Gasteiger partial charge in [0.15, 0.2) is 0 Å². The molecule has 0 unspecified atom stereocenters. The maximum Gasteiger partial charge on any atom is 0.336 e. The molecule has 0 amide bonds. The first-order valence-electron chi connectivity index (χ1n) is 6.56. The van der Waals surface area contributed by atoms with Crippen LogP contribution < -0.4 is 5.63 Å². The Morgan fingerprint density at radius 3 is 2.50 bits per heavy atom. The molecule has 0 fully saturated rings. The Bertz CT molecular complexity index is 925. The lowest BCUT2D eigenvalue weighted by atomic mass is 10.1. The van der Waals surface area contributed by atoms with E-state index in [4.69, 9.17) is 27.6 Å². The van der Waals surface area contributed by atoms with Gasteiger partial charge in [0.05, 0.1) is 5.69 Å². The molecule has 22 heavy (non-hydrogen) atoms. The van der Waals surface area contributed by atoms with Crippen LogP contribution in [0.4, 0.5) is 5.69 Å². The molecule has 0 aliphatic carbocycles. The Kier molecular flexibility index (Phi) is 4.01. The molecule has 3 nitrogen and oxygen atoms in total. The number of nitrogens with zero attached hydrogens (tertiary/aromatic N) is 1. The predicted molar refractivity (Wildman–Crippen MR) is 90.9 cm³/mol. The second-order valence-electron chi connectivity index (χ2n) is 4.89. The first-order valence-corrected chi connectivity index (χ1v) is 7.31. The summed E-state index contributed by atoms with van der Waals surface area (Å²) in [4.78, 5) is 15.8. The van der Waals surface area contributed by atoms with Crippen molar-refractivity contribution in [1.29, 1.82) is 0 Å². The number of benzene rings is 2.